The Bertz CT molecular complexity index is 1670. The number of para-hydroxylation sites is 1. The molecule has 1 unspecified atom stereocenters. The molecule has 0 aromatic heterocycles. The van der Waals surface area contributed by atoms with E-state index in [1.54, 1.807) is 79.7 Å². The third-order valence-corrected chi connectivity index (χ3v) is 9.60. The maximum absolute atomic E-state index is 14.1. The van der Waals surface area contributed by atoms with Crippen LogP contribution >= 0.6 is 23.2 Å². The third-order valence-electron chi connectivity index (χ3n) is 7.10. The molecule has 0 aliphatic rings. The normalized spacial score (nSPS) is 11.8. The highest BCUT2D eigenvalue weighted by molar-refractivity contribution is 7.92. The Labute approximate surface area is 274 Å². The summed E-state index contributed by atoms with van der Waals surface area (Å²) in [5, 5.41) is 3.50. The second-order valence-corrected chi connectivity index (χ2v) is 13.0. The van der Waals surface area contributed by atoms with E-state index in [1.807, 2.05) is 25.1 Å². The molecule has 4 aromatic rings. The molecule has 45 heavy (non-hydrogen) atoms. The van der Waals surface area contributed by atoms with Crippen LogP contribution in [0.2, 0.25) is 10.0 Å². The SMILES string of the molecule is CCCCNC(=O)C(C)N(Cc1c(Cl)cccc1Cl)C(=O)CN(c1ccc(Oc2ccccc2)cc1)S(=O)(=O)c1ccccc1. The number of rotatable bonds is 14. The van der Waals surface area contributed by atoms with Gasteiger partial charge in [0.05, 0.1) is 10.6 Å². The Morgan fingerprint density at radius 2 is 1.40 bits per heavy atom. The van der Waals surface area contributed by atoms with Crippen molar-refractivity contribution in [3.63, 3.8) is 0 Å². The van der Waals surface area contributed by atoms with Crippen LogP contribution in [0.4, 0.5) is 5.69 Å². The van der Waals surface area contributed by atoms with Crippen LogP contribution < -0.4 is 14.4 Å². The van der Waals surface area contributed by atoms with Crippen molar-refractivity contribution in [2.24, 2.45) is 0 Å². The molecule has 1 N–H and O–H groups in total. The van der Waals surface area contributed by atoms with Gasteiger partial charge in [-0.2, -0.15) is 0 Å². The van der Waals surface area contributed by atoms with Crippen LogP contribution in [0.15, 0.2) is 108 Å². The predicted molar refractivity (Wildman–Crippen MR) is 178 cm³/mol. The number of nitrogens with zero attached hydrogens (tertiary/aromatic N) is 2. The van der Waals surface area contributed by atoms with Gasteiger partial charge in [0.15, 0.2) is 0 Å². The molecule has 0 spiro atoms. The van der Waals surface area contributed by atoms with Gasteiger partial charge in [0.1, 0.15) is 24.1 Å². The summed E-state index contributed by atoms with van der Waals surface area (Å²) in [5.41, 5.74) is 0.686. The molecular formula is C34H35Cl2N3O5S. The van der Waals surface area contributed by atoms with Gasteiger partial charge in [-0.3, -0.25) is 13.9 Å². The lowest BCUT2D eigenvalue weighted by Crippen LogP contribution is -2.51. The van der Waals surface area contributed by atoms with Crippen LogP contribution in [0.1, 0.15) is 32.3 Å². The molecule has 0 fully saturated rings. The van der Waals surface area contributed by atoms with Crippen molar-refractivity contribution >= 4 is 50.7 Å². The molecule has 2 amide bonds. The van der Waals surface area contributed by atoms with Crippen LogP contribution in [-0.2, 0) is 26.2 Å². The maximum Gasteiger partial charge on any atom is 0.264 e. The molecule has 0 saturated carbocycles. The van der Waals surface area contributed by atoms with E-state index in [0.29, 0.717) is 33.7 Å². The Kier molecular flexibility index (Phi) is 11.9. The van der Waals surface area contributed by atoms with Gasteiger partial charge in [0.25, 0.3) is 10.0 Å². The minimum absolute atomic E-state index is 0.00784. The van der Waals surface area contributed by atoms with Gasteiger partial charge in [-0.05, 0) is 74.0 Å². The molecule has 1 atom stereocenters. The highest BCUT2D eigenvalue weighted by Crippen LogP contribution is 2.30. The number of hydrogen-bond donors (Lipinski definition) is 1. The van der Waals surface area contributed by atoms with Gasteiger partial charge in [0, 0.05) is 28.7 Å². The fourth-order valence-corrected chi connectivity index (χ4v) is 6.48. The quantitative estimate of drug-likeness (QED) is 0.142. The molecule has 0 bridgehead atoms. The molecule has 4 aromatic carbocycles. The van der Waals surface area contributed by atoms with E-state index >= 15 is 0 Å². The van der Waals surface area contributed by atoms with Crippen molar-refractivity contribution in [1.29, 1.82) is 0 Å². The van der Waals surface area contributed by atoms with E-state index in [9.17, 15) is 18.0 Å². The zero-order chi connectivity index (χ0) is 32.4. The maximum atomic E-state index is 14.1. The smallest absolute Gasteiger partial charge is 0.264 e. The Hall–Kier alpha value is -4.05. The highest BCUT2D eigenvalue weighted by atomic mass is 35.5. The first kappa shape index (κ1) is 33.8. The van der Waals surface area contributed by atoms with Crippen molar-refractivity contribution in [2.75, 3.05) is 17.4 Å². The number of anilines is 1. The molecule has 0 saturated heterocycles. The Balaban J connectivity index is 1.70. The second-order valence-electron chi connectivity index (χ2n) is 10.3. The average molecular weight is 669 g/mol. The summed E-state index contributed by atoms with van der Waals surface area (Å²) in [5.74, 6) is 0.114. The zero-order valence-corrected chi connectivity index (χ0v) is 27.4. The largest absolute Gasteiger partial charge is 0.457 e. The van der Waals surface area contributed by atoms with E-state index in [0.717, 1.165) is 17.1 Å². The minimum atomic E-state index is -4.21. The van der Waals surface area contributed by atoms with Gasteiger partial charge < -0.3 is 15.0 Å². The van der Waals surface area contributed by atoms with Gasteiger partial charge in [-0.25, -0.2) is 8.42 Å². The summed E-state index contributed by atoms with van der Waals surface area (Å²) in [4.78, 5) is 28.6. The standard InChI is InChI=1S/C34H35Cl2N3O5S/c1-3-4-22-37-34(41)25(2)38(23-30-31(35)16-11-17-32(30)36)33(40)24-39(45(42,43)29-14-9-6-10-15-29)26-18-20-28(21-19-26)44-27-12-7-5-8-13-27/h5-21,25H,3-4,22-24H2,1-2H3,(H,37,41). The zero-order valence-electron chi connectivity index (χ0n) is 25.0. The van der Waals surface area contributed by atoms with Gasteiger partial charge in [-0.1, -0.05) is 79.0 Å². The van der Waals surface area contributed by atoms with Crippen molar-refractivity contribution in [2.45, 2.75) is 44.2 Å². The summed E-state index contributed by atoms with van der Waals surface area (Å²) in [6.07, 6.45) is 1.66. The van der Waals surface area contributed by atoms with Crippen LogP contribution in [0.3, 0.4) is 0 Å². The fourth-order valence-electron chi connectivity index (χ4n) is 4.53. The molecule has 0 aliphatic heterocycles. The van der Waals surface area contributed by atoms with Crippen molar-refractivity contribution in [3.8, 4) is 11.5 Å². The van der Waals surface area contributed by atoms with Crippen LogP contribution in [0.25, 0.3) is 0 Å². The second kappa shape index (κ2) is 15.8. The number of nitrogens with one attached hydrogen (secondary N) is 1. The number of halogens is 2. The molecule has 236 valence electrons. The molecule has 0 aliphatic carbocycles. The first-order valence-electron chi connectivity index (χ1n) is 14.5. The number of sulfonamides is 1. The summed E-state index contributed by atoms with van der Waals surface area (Å²) in [6, 6.07) is 27.4. The highest BCUT2D eigenvalue weighted by Gasteiger charge is 2.33. The number of benzene rings is 4. The van der Waals surface area contributed by atoms with E-state index < -0.39 is 28.5 Å². The number of hydrogen-bond acceptors (Lipinski definition) is 5. The molecular weight excluding hydrogens is 633 g/mol. The molecule has 11 heteroatoms. The van der Waals surface area contributed by atoms with Crippen LogP contribution in [0, 0.1) is 0 Å². The lowest BCUT2D eigenvalue weighted by molar-refractivity contribution is -0.139. The summed E-state index contributed by atoms with van der Waals surface area (Å²) >= 11 is 12.9. The molecule has 4 rings (SSSR count). The number of carbonyl (C=O) groups excluding carboxylic acids is 2. The van der Waals surface area contributed by atoms with Crippen LogP contribution in [0.5, 0.6) is 11.5 Å². The monoisotopic (exact) mass is 667 g/mol. The van der Waals surface area contributed by atoms with Gasteiger partial charge >= 0.3 is 0 Å². The lowest BCUT2D eigenvalue weighted by Gasteiger charge is -2.32. The topological polar surface area (TPSA) is 96.0 Å². The number of carbonyl (C=O) groups is 2. The molecule has 0 heterocycles. The Morgan fingerprint density at radius 3 is 2.00 bits per heavy atom. The van der Waals surface area contributed by atoms with E-state index in [2.05, 4.69) is 5.32 Å². The minimum Gasteiger partial charge on any atom is -0.457 e. The predicted octanol–water partition coefficient (Wildman–Crippen LogP) is 7.31. The van der Waals surface area contributed by atoms with Crippen molar-refractivity contribution < 1.29 is 22.7 Å². The van der Waals surface area contributed by atoms with E-state index in [-0.39, 0.29) is 23.0 Å². The van der Waals surface area contributed by atoms with Gasteiger partial charge in [-0.15, -0.1) is 0 Å². The van der Waals surface area contributed by atoms with Crippen molar-refractivity contribution in [3.05, 3.63) is 119 Å². The Morgan fingerprint density at radius 1 is 0.822 bits per heavy atom. The number of ether oxygens (including phenoxy) is 1. The fraction of sp³-hybridized carbons (Fsp3) is 0.235. The summed E-state index contributed by atoms with van der Waals surface area (Å²) in [7, 11) is -4.21. The summed E-state index contributed by atoms with van der Waals surface area (Å²) in [6.45, 7) is 3.34. The van der Waals surface area contributed by atoms with Crippen molar-refractivity contribution in [1.82, 2.24) is 10.2 Å². The van der Waals surface area contributed by atoms with Crippen LogP contribution in [-0.4, -0.2) is 44.3 Å². The average Bonchev–Trinajstić information content (AvgIpc) is 3.04. The lowest BCUT2D eigenvalue weighted by atomic mass is 10.1. The summed E-state index contributed by atoms with van der Waals surface area (Å²) < 4.78 is 34.9. The first-order chi connectivity index (χ1) is 21.6. The first-order valence-corrected chi connectivity index (χ1v) is 16.7. The molecule has 8 nitrogen and oxygen atoms in total. The van der Waals surface area contributed by atoms with Gasteiger partial charge in [0.2, 0.25) is 11.8 Å². The number of amides is 2. The third kappa shape index (κ3) is 8.78. The number of unbranched alkanes of at least 4 members (excludes halogenated alkanes) is 1. The molecule has 0 radical (unpaired) electrons. The van der Waals surface area contributed by atoms with E-state index in [4.69, 9.17) is 27.9 Å². The van der Waals surface area contributed by atoms with E-state index in [1.165, 1.54) is 17.0 Å².